The van der Waals surface area contributed by atoms with Gasteiger partial charge in [-0.25, -0.2) is 0 Å². The lowest BCUT2D eigenvalue weighted by molar-refractivity contribution is 0.167. The molecule has 2 unspecified atom stereocenters. The molecular weight excluding hydrogens is 296 g/mol. The summed E-state index contributed by atoms with van der Waals surface area (Å²) >= 11 is 6.14. The molecule has 0 spiro atoms. The van der Waals surface area contributed by atoms with Gasteiger partial charge in [-0.1, -0.05) is 49.7 Å². The van der Waals surface area contributed by atoms with E-state index in [1.165, 1.54) is 0 Å². The molecule has 2 N–H and O–H groups in total. The second-order valence-electron chi connectivity index (χ2n) is 5.88. The predicted octanol–water partition coefficient (Wildman–Crippen LogP) is 4.15. The molecule has 0 amide bonds. The van der Waals surface area contributed by atoms with Gasteiger partial charge in [-0.2, -0.15) is 0 Å². The van der Waals surface area contributed by atoms with Crippen molar-refractivity contribution in [3.05, 3.63) is 64.9 Å². The Morgan fingerprint density at radius 2 is 1.86 bits per heavy atom. The molecule has 0 aliphatic heterocycles. The molecule has 22 heavy (non-hydrogen) atoms. The summed E-state index contributed by atoms with van der Waals surface area (Å²) in [6.45, 7) is 4.81. The van der Waals surface area contributed by atoms with E-state index in [0.717, 1.165) is 17.7 Å². The summed E-state index contributed by atoms with van der Waals surface area (Å²) in [4.78, 5) is 4.43. The minimum absolute atomic E-state index is 0.123. The monoisotopic (exact) mass is 318 g/mol. The average molecular weight is 319 g/mol. The normalized spacial score (nSPS) is 14.0. The van der Waals surface area contributed by atoms with Gasteiger partial charge >= 0.3 is 0 Å². The summed E-state index contributed by atoms with van der Waals surface area (Å²) in [6, 6.07) is 13.4. The van der Waals surface area contributed by atoms with Crippen molar-refractivity contribution in [1.29, 1.82) is 0 Å². The first-order valence-corrected chi connectivity index (χ1v) is 8.02. The molecule has 1 heterocycles. The van der Waals surface area contributed by atoms with Gasteiger partial charge in [0.2, 0.25) is 0 Å². The summed E-state index contributed by atoms with van der Waals surface area (Å²) in [5, 5.41) is 14.4. The molecule has 2 atom stereocenters. The van der Waals surface area contributed by atoms with Crippen LogP contribution in [0.2, 0.25) is 5.02 Å². The molecule has 3 nitrogen and oxygen atoms in total. The van der Waals surface area contributed by atoms with Crippen LogP contribution < -0.4 is 5.32 Å². The van der Waals surface area contributed by atoms with E-state index in [2.05, 4.69) is 24.1 Å². The molecular formula is C18H23ClN2O. The van der Waals surface area contributed by atoms with Crippen LogP contribution >= 0.6 is 11.6 Å². The third kappa shape index (κ3) is 4.80. The Hall–Kier alpha value is -1.42. The topological polar surface area (TPSA) is 45.1 Å². The molecule has 0 saturated carbocycles. The molecule has 0 saturated heterocycles. The summed E-state index contributed by atoms with van der Waals surface area (Å²) in [5.74, 6) is 0.539. The Morgan fingerprint density at radius 3 is 2.50 bits per heavy atom. The molecule has 1 aromatic carbocycles. The van der Waals surface area contributed by atoms with Crippen LogP contribution in [0, 0.1) is 5.92 Å². The molecule has 0 fully saturated rings. The fourth-order valence-electron chi connectivity index (χ4n) is 2.47. The number of aliphatic hydroxyl groups is 1. The van der Waals surface area contributed by atoms with E-state index in [-0.39, 0.29) is 6.04 Å². The van der Waals surface area contributed by atoms with Gasteiger partial charge in [0.1, 0.15) is 0 Å². The van der Waals surface area contributed by atoms with Gasteiger partial charge in [-0.15, -0.1) is 0 Å². The van der Waals surface area contributed by atoms with Crippen LogP contribution in [0.3, 0.4) is 0 Å². The van der Waals surface area contributed by atoms with Crippen molar-refractivity contribution in [1.82, 2.24) is 10.3 Å². The Morgan fingerprint density at radius 1 is 1.14 bits per heavy atom. The highest BCUT2D eigenvalue weighted by atomic mass is 35.5. The van der Waals surface area contributed by atoms with Crippen molar-refractivity contribution in [2.24, 2.45) is 5.92 Å². The zero-order valence-corrected chi connectivity index (χ0v) is 13.8. The van der Waals surface area contributed by atoms with E-state index in [1.54, 1.807) is 12.3 Å². The Kier molecular flexibility index (Phi) is 6.37. The Labute approximate surface area is 137 Å². The number of nitrogens with zero attached hydrogens (tertiary/aromatic N) is 1. The maximum Gasteiger partial charge on any atom is 0.0928 e. The molecule has 0 bridgehead atoms. The SMILES string of the molecule is CC(C)CC(NCC(O)c1ccccc1Cl)c1ccccn1. The van der Waals surface area contributed by atoms with Gasteiger partial charge < -0.3 is 10.4 Å². The smallest absolute Gasteiger partial charge is 0.0928 e. The lowest BCUT2D eigenvalue weighted by Crippen LogP contribution is -2.28. The number of nitrogens with one attached hydrogen (secondary N) is 1. The molecule has 0 radical (unpaired) electrons. The summed E-state index contributed by atoms with van der Waals surface area (Å²) in [5.41, 5.74) is 1.75. The maximum absolute atomic E-state index is 10.4. The highest BCUT2D eigenvalue weighted by Gasteiger charge is 2.17. The number of aromatic nitrogens is 1. The number of pyridine rings is 1. The molecule has 118 valence electrons. The highest BCUT2D eigenvalue weighted by molar-refractivity contribution is 6.31. The van der Waals surface area contributed by atoms with Crippen molar-refractivity contribution in [2.75, 3.05) is 6.54 Å². The quantitative estimate of drug-likeness (QED) is 0.806. The van der Waals surface area contributed by atoms with Crippen molar-refractivity contribution < 1.29 is 5.11 Å². The largest absolute Gasteiger partial charge is 0.387 e. The molecule has 0 aliphatic carbocycles. The molecule has 0 aliphatic rings. The lowest BCUT2D eigenvalue weighted by Gasteiger charge is -2.22. The highest BCUT2D eigenvalue weighted by Crippen LogP contribution is 2.24. The van der Waals surface area contributed by atoms with E-state index in [0.29, 0.717) is 17.5 Å². The van der Waals surface area contributed by atoms with Crippen LogP contribution in [-0.2, 0) is 0 Å². The molecule has 2 aromatic rings. The van der Waals surface area contributed by atoms with Gasteiger partial charge in [-0.3, -0.25) is 4.98 Å². The maximum atomic E-state index is 10.4. The number of rotatable bonds is 7. The van der Waals surface area contributed by atoms with Crippen molar-refractivity contribution in [3.63, 3.8) is 0 Å². The Balaban J connectivity index is 2.04. The fraction of sp³-hybridized carbons (Fsp3) is 0.389. The van der Waals surface area contributed by atoms with E-state index < -0.39 is 6.10 Å². The number of aliphatic hydroxyl groups excluding tert-OH is 1. The average Bonchev–Trinajstić information content (AvgIpc) is 2.52. The zero-order chi connectivity index (χ0) is 15.9. The fourth-order valence-corrected chi connectivity index (χ4v) is 2.73. The van der Waals surface area contributed by atoms with Crippen molar-refractivity contribution in [3.8, 4) is 0 Å². The van der Waals surface area contributed by atoms with Gasteiger partial charge in [-0.05, 0) is 30.5 Å². The summed E-state index contributed by atoms with van der Waals surface area (Å²) in [6.07, 6.45) is 2.13. The van der Waals surface area contributed by atoms with Gasteiger partial charge in [0.15, 0.2) is 0 Å². The van der Waals surface area contributed by atoms with Gasteiger partial charge in [0.05, 0.1) is 11.8 Å². The first kappa shape index (κ1) is 16.9. The summed E-state index contributed by atoms with van der Waals surface area (Å²) < 4.78 is 0. The first-order chi connectivity index (χ1) is 10.6. The standard InChI is InChI=1S/C18H23ClN2O/c1-13(2)11-17(16-9-5-6-10-20-16)21-12-18(22)14-7-3-4-8-15(14)19/h3-10,13,17-18,21-22H,11-12H2,1-2H3. The first-order valence-electron chi connectivity index (χ1n) is 7.64. The number of halogens is 1. The van der Waals surface area contributed by atoms with E-state index in [9.17, 15) is 5.11 Å². The number of benzene rings is 1. The zero-order valence-electron chi connectivity index (χ0n) is 13.0. The van der Waals surface area contributed by atoms with Crippen LogP contribution in [0.1, 0.15) is 43.7 Å². The van der Waals surface area contributed by atoms with E-state index >= 15 is 0 Å². The Bertz CT molecular complexity index is 574. The van der Waals surface area contributed by atoms with Crippen molar-refractivity contribution in [2.45, 2.75) is 32.4 Å². The number of hydrogen-bond acceptors (Lipinski definition) is 3. The molecule has 4 heteroatoms. The van der Waals surface area contributed by atoms with E-state index in [4.69, 9.17) is 11.6 Å². The third-order valence-electron chi connectivity index (χ3n) is 3.57. The predicted molar refractivity (Wildman–Crippen MR) is 90.8 cm³/mol. The lowest BCUT2D eigenvalue weighted by atomic mass is 10.00. The van der Waals surface area contributed by atoms with Crippen LogP contribution in [0.15, 0.2) is 48.7 Å². The minimum atomic E-state index is -0.632. The minimum Gasteiger partial charge on any atom is -0.387 e. The number of hydrogen-bond donors (Lipinski definition) is 2. The summed E-state index contributed by atoms with van der Waals surface area (Å²) in [7, 11) is 0. The van der Waals surface area contributed by atoms with Crippen LogP contribution in [0.25, 0.3) is 0 Å². The van der Waals surface area contributed by atoms with Crippen LogP contribution in [-0.4, -0.2) is 16.6 Å². The molecule has 2 rings (SSSR count). The van der Waals surface area contributed by atoms with Gasteiger partial charge in [0.25, 0.3) is 0 Å². The van der Waals surface area contributed by atoms with Crippen molar-refractivity contribution >= 4 is 11.6 Å². The molecule has 1 aromatic heterocycles. The van der Waals surface area contributed by atoms with E-state index in [1.807, 2.05) is 36.4 Å². The van der Waals surface area contributed by atoms with Crippen LogP contribution in [0.5, 0.6) is 0 Å². The second kappa shape index (κ2) is 8.28. The van der Waals surface area contributed by atoms with Gasteiger partial charge in [0, 0.05) is 29.4 Å². The second-order valence-corrected chi connectivity index (χ2v) is 6.29. The third-order valence-corrected chi connectivity index (χ3v) is 3.92. The van der Waals surface area contributed by atoms with Crippen LogP contribution in [0.4, 0.5) is 0 Å².